The molecule has 1 aliphatic heterocycles. The van der Waals surface area contributed by atoms with Crippen molar-refractivity contribution in [1.82, 2.24) is 4.98 Å². The summed E-state index contributed by atoms with van der Waals surface area (Å²) in [5, 5.41) is 19.4. The lowest BCUT2D eigenvalue weighted by molar-refractivity contribution is 1.09. The van der Waals surface area contributed by atoms with Gasteiger partial charge in [0.05, 0.1) is 11.4 Å². The van der Waals surface area contributed by atoms with E-state index in [2.05, 4.69) is 10.3 Å². The molecule has 0 saturated carbocycles. The molecular weight excluding hydrogens is 276 g/mol. The van der Waals surface area contributed by atoms with E-state index in [9.17, 15) is 0 Å². The average Bonchev–Trinajstić information content (AvgIpc) is 2.65. The number of fused-ring (bicyclic) bond motifs is 1. The van der Waals surface area contributed by atoms with Crippen molar-refractivity contribution in [2.75, 3.05) is 22.5 Å². The van der Waals surface area contributed by atoms with Crippen molar-refractivity contribution < 1.29 is 0 Å². The van der Waals surface area contributed by atoms with Crippen LogP contribution in [0.3, 0.4) is 0 Å². The highest BCUT2D eigenvalue weighted by Crippen LogP contribution is 2.33. The van der Waals surface area contributed by atoms with Crippen LogP contribution in [0.1, 0.15) is 13.3 Å². The zero-order valence-corrected chi connectivity index (χ0v) is 12.4. The van der Waals surface area contributed by atoms with Crippen LogP contribution in [0.4, 0.5) is 17.2 Å². The van der Waals surface area contributed by atoms with Crippen LogP contribution in [0, 0.1) is 10.8 Å². The summed E-state index contributed by atoms with van der Waals surface area (Å²) < 4.78 is 0. The molecule has 6 nitrogen and oxygen atoms in total. The molecule has 6 heteroatoms. The lowest BCUT2D eigenvalue weighted by Crippen LogP contribution is -2.33. The number of hydrogen-bond acceptors (Lipinski definition) is 5. The second-order valence-corrected chi connectivity index (χ2v) is 5.25. The highest BCUT2D eigenvalue weighted by molar-refractivity contribution is 6.18. The highest BCUT2D eigenvalue weighted by Gasteiger charge is 2.21. The Morgan fingerprint density at radius 3 is 2.73 bits per heavy atom. The van der Waals surface area contributed by atoms with Crippen molar-refractivity contribution in [1.29, 1.82) is 10.8 Å². The van der Waals surface area contributed by atoms with E-state index in [1.54, 1.807) is 24.1 Å². The maximum atomic E-state index is 8.11. The van der Waals surface area contributed by atoms with E-state index in [1.165, 1.54) is 0 Å². The average molecular weight is 294 g/mol. The summed E-state index contributed by atoms with van der Waals surface area (Å²) >= 11 is 0. The van der Waals surface area contributed by atoms with Crippen LogP contribution in [0.15, 0.2) is 36.5 Å². The Hall–Kier alpha value is -2.89. The summed E-state index contributed by atoms with van der Waals surface area (Å²) in [4.78, 5) is 5.79. The maximum absolute atomic E-state index is 8.11. The summed E-state index contributed by atoms with van der Waals surface area (Å²) in [6.45, 7) is 2.38. The fourth-order valence-electron chi connectivity index (χ4n) is 2.58. The number of nitrogens with one attached hydrogen (secondary N) is 3. The van der Waals surface area contributed by atoms with Gasteiger partial charge in [0.1, 0.15) is 17.5 Å². The van der Waals surface area contributed by atoms with Crippen LogP contribution in [-0.2, 0) is 0 Å². The summed E-state index contributed by atoms with van der Waals surface area (Å²) in [6, 6.07) is 9.64. The first-order chi connectivity index (χ1) is 10.6. The van der Waals surface area contributed by atoms with Crippen molar-refractivity contribution in [3.63, 3.8) is 0 Å². The van der Waals surface area contributed by atoms with Crippen molar-refractivity contribution >= 4 is 28.9 Å². The fraction of sp³-hybridized carbons (Fsp3) is 0.188. The van der Waals surface area contributed by atoms with Gasteiger partial charge < -0.3 is 11.1 Å². The molecule has 2 aromatic rings. The largest absolute Gasteiger partial charge is 0.384 e. The molecule has 0 spiro atoms. The summed E-state index contributed by atoms with van der Waals surface area (Å²) in [5.74, 6) is 1.27. The van der Waals surface area contributed by atoms with Crippen LogP contribution >= 0.6 is 0 Å². The van der Waals surface area contributed by atoms with Gasteiger partial charge in [0, 0.05) is 24.7 Å². The molecular formula is C16H18N6. The van der Waals surface area contributed by atoms with Crippen LogP contribution in [0.5, 0.6) is 0 Å². The summed E-state index contributed by atoms with van der Waals surface area (Å²) in [6.07, 6.45) is 2.33. The maximum Gasteiger partial charge on any atom is 0.123 e. The first-order valence-corrected chi connectivity index (χ1v) is 7.09. The van der Waals surface area contributed by atoms with Crippen LogP contribution < -0.4 is 16.0 Å². The van der Waals surface area contributed by atoms with E-state index in [0.29, 0.717) is 30.5 Å². The second kappa shape index (κ2) is 5.48. The number of benzene rings is 1. The number of aromatic nitrogens is 1. The zero-order valence-electron chi connectivity index (χ0n) is 12.4. The number of hydrogen-bond donors (Lipinski definition) is 4. The number of nitrogen functional groups attached to an aromatic ring is 1. The Balaban J connectivity index is 2.06. The van der Waals surface area contributed by atoms with E-state index in [4.69, 9.17) is 16.6 Å². The molecule has 22 heavy (non-hydrogen) atoms. The molecule has 0 saturated heterocycles. The van der Waals surface area contributed by atoms with Gasteiger partial charge in [-0.05, 0) is 36.8 Å². The Morgan fingerprint density at radius 1 is 1.27 bits per heavy atom. The molecule has 2 heterocycles. The third kappa shape index (κ3) is 2.50. The van der Waals surface area contributed by atoms with E-state index < -0.39 is 0 Å². The van der Waals surface area contributed by atoms with E-state index >= 15 is 0 Å². The van der Waals surface area contributed by atoms with Crippen molar-refractivity contribution in [3.8, 4) is 11.1 Å². The van der Waals surface area contributed by atoms with E-state index in [1.807, 2.05) is 24.3 Å². The molecule has 0 bridgehead atoms. The minimum atomic E-state index is 0.344. The van der Waals surface area contributed by atoms with Gasteiger partial charge in [-0.25, -0.2) is 4.98 Å². The number of rotatable bonds is 1. The minimum Gasteiger partial charge on any atom is -0.384 e. The van der Waals surface area contributed by atoms with Gasteiger partial charge in [-0.1, -0.05) is 6.07 Å². The number of nitrogens with two attached hydrogens (primary N) is 1. The highest BCUT2D eigenvalue weighted by atomic mass is 15.2. The predicted octanol–water partition coefficient (Wildman–Crippen LogP) is 2.93. The second-order valence-electron chi connectivity index (χ2n) is 5.25. The van der Waals surface area contributed by atoms with Crippen molar-refractivity contribution in [2.24, 2.45) is 0 Å². The van der Waals surface area contributed by atoms with Gasteiger partial charge in [0.25, 0.3) is 0 Å². The molecule has 5 N–H and O–H groups in total. The number of nitrogens with zero attached hydrogens (tertiary/aromatic N) is 2. The summed E-state index contributed by atoms with van der Waals surface area (Å²) in [5.41, 5.74) is 9.39. The quantitative estimate of drug-likeness (QED) is 0.479. The van der Waals surface area contributed by atoms with E-state index in [-0.39, 0.29) is 0 Å². The zero-order chi connectivity index (χ0) is 15.7. The van der Waals surface area contributed by atoms with Gasteiger partial charge in [0.15, 0.2) is 0 Å². The molecule has 0 aliphatic carbocycles. The third-order valence-electron chi connectivity index (χ3n) is 3.64. The van der Waals surface area contributed by atoms with Gasteiger partial charge in [-0.2, -0.15) is 0 Å². The monoisotopic (exact) mass is 294 g/mol. The molecule has 3 rings (SSSR count). The Kier molecular flexibility index (Phi) is 3.50. The van der Waals surface area contributed by atoms with Crippen LogP contribution in [0.25, 0.3) is 11.1 Å². The van der Waals surface area contributed by atoms with Crippen LogP contribution in [0.2, 0.25) is 0 Å². The Bertz CT molecular complexity index is 735. The molecule has 112 valence electrons. The number of amidine groups is 2. The Labute approximate surface area is 129 Å². The molecule has 0 unspecified atom stereocenters. The van der Waals surface area contributed by atoms with Gasteiger partial charge >= 0.3 is 0 Å². The fourth-order valence-corrected chi connectivity index (χ4v) is 2.58. The van der Waals surface area contributed by atoms with Crippen molar-refractivity contribution in [3.05, 3.63) is 36.5 Å². The molecule has 0 atom stereocenters. The first kappa shape index (κ1) is 14.1. The lowest BCUT2D eigenvalue weighted by Gasteiger charge is -2.23. The Morgan fingerprint density at radius 2 is 2.05 bits per heavy atom. The minimum absolute atomic E-state index is 0.344. The normalized spacial score (nSPS) is 14.0. The molecule has 1 aromatic heterocycles. The van der Waals surface area contributed by atoms with E-state index in [0.717, 1.165) is 22.5 Å². The molecule has 1 aromatic carbocycles. The molecule has 0 radical (unpaired) electrons. The van der Waals surface area contributed by atoms with Gasteiger partial charge in [-0.15, -0.1) is 0 Å². The van der Waals surface area contributed by atoms with Crippen molar-refractivity contribution in [2.45, 2.75) is 13.3 Å². The summed E-state index contributed by atoms with van der Waals surface area (Å²) in [7, 11) is 0. The smallest absolute Gasteiger partial charge is 0.123 e. The molecule has 0 amide bonds. The van der Waals surface area contributed by atoms with Gasteiger partial charge in [0.2, 0.25) is 0 Å². The topological polar surface area (TPSA) is 102 Å². The third-order valence-corrected chi connectivity index (χ3v) is 3.64. The predicted molar refractivity (Wildman–Crippen MR) is 90.8 cm³/mol. The standard InChI is InChI=1S/C16H18N6/c1-10(17)22-14-4-2-11(12-3-5-15(18)21-9-12)8-13(14)20-7-6-16(22)19/h2-5,8-9,17,19-20H,6-7H2,1H3,(H2,18,21). The number of anilines is 3. The van der Waals surface area contributed by atoms with Gasteiger partial charge in [-0.3, -0.25) is 15.7 Å². The SMILES string of the molecule is CC(=N)N1C(=N)CCNc2cc(-c3ccc(N)nc3)ccc21. The first-order valence-electron chi connectivity index (χ1n) is 7.09. The molecule has 1 aliphatic rings. The molecule has 0 fully saturated rings. The number of pyridine rings is 1. The van der Waals surface area contributed by atoms with Crippen LogP contribution in [-0.4, -0.2) is 23.2 Å². The lowest BCUT2D eigenvalue weighted by atomic mass is 10.1.